The van der Waals surface area contributed by atoms with Crippen LogP contribution in [-0.4, -0.2) is 48.6 Å². The summed E-state index contributed by atoms with van der Waals surface area (Å²) in [4.78, 5) is 16.9. The SMILES string of the molecule is CC1CCN(C[C@H]2CCCN(C(=O)Nc3ccccc3F)CC2)CC1. The Morgan fingerprint density at radius 3 is 2.64 bits per heavy atom. The fourth-order valence-electron chi connectivity index (χ4n) is 3.92. The number of nitrogens with zero attached hydrogens (tertiary/aromatic N) is 2. The second kappa shape index (κ2) is 8.65. The van der Waals surface area contributed by atoms with Gasteiger partial charge in [-0.15, -0.1) is 0 Å². The van der Waals surface area contributed by atoms with Crippen molar-refractivity contribution in [1.29, 1.82) is 0 Å². The number of anilines is 1. The van der Waals surface area contributed by atoms with Gasteiger partial charge < -0.3 is 15.1 Å². The van der Waals surface area contributed by atoms with Gasteiger partial charge in [-0.3, -0.25) is 0 Å². The number of likely N-dealkylation sites (tertiary alicyclic amines) is 2. The summed E-state index contributed by atoms with van der Waals surface area (Å²) in [6, 6.07) is 6.15. The topological polar surface area (TPSA) is 35.6 Å². The monoisotopic (exact) mass is 347 g/mol. The molecular formula is C20H30FN3O. The number of nitrogens with one attached hydrogen (secondary N) is 1. The third-order valence-electron chi connectivity index (χ3n) is 5.64. The van der Waals surface area contributed by atoms with Crippen molar-refractivity contribution in [2.45, 2.75) is 39.0 Å². The standard InChI is InChI=1S/C20H30FN3O/c1-16-8-12-23(13-9-16)15-17-5-4-11-24(14-10-17)20(25)22-19-7-3-2-6-18(19)21/h2-3,6-7,16-17H,4-5,8-15H2,1H3,(H,22,25)/t17-/m0/s1. The third kappa shape index (κ3) is 5.18. The van der Waals surface area contributed by atoms with Crippen molar-refractivity contribution < 1.29 is 9.18 Å². The average molecular weight is 347 g/mol. The molecule has 2 aliphatic rings. The molecule has 0 saturated carbocycles. The van der Waals surface area contributed by atoms with Crippen LogP contribution in [0.3, 0.4) is 0 Å². The first kappa shape index (κ1) is 18.2. The normalized spacial score (nSPS) is 23.3. The maximum atomic E-state index is 13.7. The quantitative estimate of drug-likeness (QED) is 0.890. The molecule has 0 bridgehead atoms. The second-order valence-electron chi connectivity index (χ2n) is 7.68. The van der Waals surface area contributed by atoms with Gasteiger partial charge in [0.2, 0.25) is 0 Å². The minimum atomic E-state index is -0.386. The summed E-state index contributed by atoms with van der Waals surface area (Å²) in [6.45, 7) is 7.46. The van der Waals surface area contributed by atoms with Gasteiger partial charge >= 0.3 is 6.03 Å². The van der Waals surface area contributed by atoms with E-state index in [0.29, 0.717) is 5.92 Å². The number of piperidine rings is 1. The zero-order chi connectivity index (χ0) is 17.6. The molecule has 3 rings (SSSR count). The number of rotatable bonds is 3. The fourth-order valence-corrected chi connectivity index (χ4v) is 3.92. The molecule has 1 N–H and O–H groups in total. The van der Waals surface area contributed by atoms with E-state index in [9.17, 15) is 9.18 Å². The maximum absolute atomic E-state index is 13.7. The number of hydrogen-bond donors (Lipinski definition) is 1. The molecule has 0 radical (unpaired) electrons. The van der Waals surface area contributed by atoms with Crippen molar-refractivity contribution in [3.8, 4) is 0 Å². The molecule has 5 heteroatoms. The van der Waals surface area contributed by atoms with Gasteiger partial charge in [0.15, 0.2) is 0 Å². The molecule has 0 spiro atoms. The fraction of sp³-hybridized carbons (Fsp3) is 0.650. The number of hydrogen-bond acceptors (Lipinski definition) is 2. The van der Waals surface area contributed by atoms with Crippen molar-refractivity contribution in [1.82, 2.24) is 9.80 Å². The van der Waals surface area contributed by atoms with Crippen molar-refractivity contribution in [3.63, 3.8) is 0 Å². The van der Waals surface area contributed by atoms with Gasteiger partial charge in [-0.2, -0.15) is 0 Å². The highest BCUT2D eigenvalue weighted by atomic mass is 19.1. The Hall–Kier alpha value is -1.62. The molecule has 0 aromatic heterocycles. The molecule has 1 aromatic rings. The molecule has 25 heavy (non-hydrogen) atoms. The van der Waals surface area contributed by atoms with E-state index in [0.717, 1.165) is 38.4 Å². The van der Waals surface area contributed by atoms with Gasteiger partial charge in [-0.05, 0) is 69.2 Å². The molecule has 2 heterocycles. The van der Waals surface area contributed by atoms with E-state index in [-0.39, 0.29) is 17.5 Å². The summed E-state index contributed by atoms with van der Waals surface area (Å²) in [6.07, 6.45) is 5.86. The van der Waals surface area contributed by atoms with Crippen molar-refractivity contribution >= 4 is 11.7 Å². The molecule has 4 nitrogen and oxygen atoms in total. The Balaban J connectivity index is 1.48. The highest BCUT2D eigenvalue weighted by molar-refractivity contribution is 5.89. The molecule has 2 fully saturated rings. The van der Waals surface area contributed by atoms with Crippen molar-refractivity contribution in [2.24, 2.45) is 11.8 Å². The van der Waals surface area contributed by atoms with Crippen LogP contribution in [0.15, 0.2) is 24.3 Å². The van der Waals surface area contributed by atoms with Crippen LogP contribution in [0.1, 0.15) is 39.0 Å². The average Bonchev–Trinajstić information content (AvgIpc) is 2.85. The molecule has 0 aliphatic carbocycles. The van der Waals surface area contributed by atoms with Crippen LogP contribution in [0.2, 0.25) is 0 Å². The zero-order valence-corrected chi connectivity index (χ0v) is 15.2. The summed E-state index contributed by atoms with van der Waals surface area (Å²) in [5, 5.41) is 2.71. The smallest absolute Gasteiger partial charge is 0.321 e. The van der Waals surface area contributed by atoms with Crippen LogP contribution < -0.4 is 5.32 Å². The maximum Gasteiger partial charge on any atom is 0.321 e. The number of halogens is 1. The van der Waals surface area contributed by atoms with Gasteiger partial charge in [0, 0.05) is 19.6 Å². The van der Waals surface area contributed by atoms with E-state index in [2.05, 4.69) is 17.1 Å². The van der Waals surface area contributed by atoms with Gasteiger partial charge in [-0.25, -0.2) is 9.18 Å². The zero-order valence-electron chi connectivity index (χ0n) is 15.2. The predicted octanol–water partition coefficient (Wildman–Crippen LogP) is 4.19. The lowest BCUT2D eigenvalue weighted by molar-refractivity contribution is 0.160. The summed E-state index contributed by atoms with van der Waals surface area (Å²) in [7, 11) is 0. The van der Waals surface area contributed by atoms with Gasteiger partial charge in [0.05, 0.1) is 5.69 Å². The first-order valence-electron chi connectivity index (χ1n) is 9.64. The largest absolute Gasteiger partial charge is 0.325 e. The Bertz CT molecular complexity index is 572. The highest BCUT2D eigenvalue weighted by Crippen LogP contribution is 2.23. The third-order valence-corrected chi connectivity index (χ3v) is 5.64. The minimum absolute atomic E-state index is 0.183. The lowest BCUT2D eigenvalue weighted by Crippen LogP contribution is -2.38. The van der Waals surface area contributed by atoms with Crippen LogP contribution in [0.25, 0.3) is 0 Å². The predicted molar refractivity (Wildman–Crippen MR) is 99.2 cm³/mol. The lowest BCUT2D eigenvalue weighted by atomic mass is 9.95. The minimum Gasteiger partial charge on any atom is -0.325 e. The first-order valence-corrected chi connectivity index (χ1v) is 9.64. The van der Waals surface area contributed by atoms with Gasteiger partial charge in [0.25, 0.3) is 0 Å². The van der Waals surface area contributed by atoms with Crippen LogP contribution in [0.5, 0.6) is 0 Å². The molecule has 2 amide bonds. The van der Waals surface area contributed by atoms with E-state index >= 15 is 0 Å². The number of amides is 2. The summed E-state index contributed by atoms with van der Waals surface area (Å²) in [5.41, 5.74) is 0.260. The Kier molecular flexibility index (Phi) is 6.29. The van der Waals surface area contributed by atoms with E-state index in [4.69, 9.17) is 0 Å². The molecule has 2 saturated heterocycles. The Morgan fingerprint density at radius 1 is 1.12 bits per heavy atom. The molecular weight excluding hydrogens is 317 g/mol. The van der Waals surface area contributed by atoms with Crippen molar-refractivity contribution in [2.75, 3.05) is 38.0 Å². The summed E-state index contributed by atoms with van der Waals surface area (Å²) in [5.74, 6) is 1.14. The molecule has 1 atom stereocenters. The molecule has 1 aromatic carbocycles. The highest BCUT2D eigenvalue weighted by Gasteiger charge is 2.24. The van der Waals surface area contributed by atoms with Crippen LogP contribution in [-0.2, 0) is 0 Å². The summed E-state index contributed by atoms with van der Waals surface area (Å²) >= 11 is 0. The van der Waals surface area contributed by atoms with Crippen LogP contribution >= 0.6 is 0 Å². The van der Waals surface area contributed by atoms with Crippen molar-refractivity contribution in [3.05, 3.63) is 30.1 Å². The first-order chi connectivity index (χ1) is 12.1. The number of benzene rings is 1. The van der Waals surface area contributed by atoms with Crippen LogP contribution in [0, 0.1) is 17.7 Å². The molecule has 2 aliphatic heterocycles. The second-order valence-corrected chi connectivity index (χ2v) is 7.68. The van der Waals surface area contributed by atoms with E-state index < -0.39 is 0 Å². The number of urea groups is 1. The molecule has 0 unspecified atom stereocenters. The van der Waals surface area contributed by atoms with Crippen LogP contribution in [0.4, 0.5) is 14.9 Å². The number of para-hydroxylation sites is 1. The Morgan fingerprint density at radius 2 is 1.88 bits per heavy atom. The van der Waals surface area contributed by atoms with Gasteiger partial charge in [-0.1, -0.05) is 19.1 Å². The number of carbonyl (C=O) groups is 1. The molecule has 138 valence electrons. The number of carbonyl (C=O) groups excluding carboxylic acids is 1. The Labute approximate surface area is 150 Å². The van der Waals surface area contributed by atoms with E-state index in [1.165, 1.54) is 38.4 Å². The summed E-state index contributed by atoms with van der Waals surface area (Å²) < 4.78 is 13.7. The lowest BCUT2D eigenvalue weighted by Gasteiger charge is -2.32. The van der Waals surface area contributed by atoms with Gasteiger partial charge in [0.1, 0.15) is 5.82 Å². The van der Waals surface area contributed by atoms with E-state index in [1.807, 2.05) is 4.90 Å². The van der Waals surface area contributed by atoms with E-state index in [1.54, 1.807) is 18.2 Å².